The van der Waals surface area contributed by atoms with Crippen molar-refractivity contribution in [1.82, 2.24) is 21.3 Å². The summed E-state index contributed by atoms with van der Waals surface area (Å²) in [6.07, 6.45) is -0.371. The Kier molecular flexibility index (Phi) is 26.9. The lowest BCUT2D eigenvalue weighted by molar-refractivity contribution is -0.123. The van der Waals surface area contributed by atoms with E-state index >= 15 is 0 Å². The third kappa shape index (κ3) is 23.3. The van der Waals surface area contributed by atoms with Gasteiger partial charge in [-0.15, -0.1) is 0 Å². The van der Waals surface area contributed by atoms with E-state index in [1.807, 2.05) is 54.6 Å². The van der Waals surface area contributed by atoms with E-state index in [4.69, 9.17) is 41.6 Å². The highest BCUT2D eigenvalue weighted by atomic mass is 16.4. The van der Waals surface area contributed by atoms with Crippen molar-refractivity contribution in [3.05, 3.63) is 96.1 Å². The standard InChI is InChI=1S/C15H16BNO4.C14H15BN2O4.C7H14BNO4.C6H13BN2O4/c1-10(18)8-14(16(20)21)17-15(19)13-7-6-11-4-2-3-5-12(11)9-13;16-13(18)8-12(15(20)21)17-14(19)11-6-5-9-3-1-2-4-10(9)7-11;1-3-7(11)9-6(8(12)13)4-5(2)10;1-2-6(11)9-4(7(12)13)3-5(8)10/h2-7,9,14,20-21H,8H2,1H3,(H,17,19);1-7,12,20-21H,8H2,(H2,16,18)(H,17,19);6,12-13H,3-4H2,1-2H3,(H,9,11);4,12-13H,2-3H2,1H3,(H2,8,10)(H,9,11)/t14-;12-;6-;4-/m0101/s1. The summed E-state index contributed by atoms with van der Waals surface area (Å²) in [6, 6.07) is 25.5. The number of fused-ring (bicyclic) bond motifs is 2. The highest BCUT2D eigenvalue weighted by molar-refractivity contribution is 6.45. The van der Waals surface area contributed by atoms with Crippen LogP contribution in [0.25, 0.3) is 21.5 Å². The SMILES string of the molecule is CC(=O)C[C@H](NC(=O)c1ccc2ccccc2c1)B(O)O.CCC(=O)N[C@@H](CC(C)=O)B(O)O.CCC(=O)N[C@H](CC(N)=O)B(O)O.NC(=O)C[C@@H](NC(=O)c1ccc2ccccc2c1)B(O)O. The van der Waals surface area contributed by atoms with E-state index in [9.17, 15) is 48.4 Å². The molecule has 4 atom stereocenters. The van der Waals surface area contributed by atoms with Crippen molar-refractivity contribution >= 4 is 97.0 Å². The minimum Gasteiger partial charge on any atom is -0.426 e. The minimum absolute atomic E-state index is 0.0661. The van der Waals surface area contributed by atoms with Crippen molar-refractivity contribution in [2.75, 3.05) is 0 Å². The van der Waals surface area contributed by atoms with Crippen LogP contribution in [-0.4, -0.2) is 139 Å². The summed E-state index contributed by atoms with van der Waals surface area (Å²) >= 11 is 0. The largest absolute Gasteiger partial charge is 0.476 e. The van der Waals surface area contributed by atoms with Gasteiger partial charge in [-0.25, -0.2) is 0 Å². The van der Waals surface area contributed by atoms with E-state index in [1.165, 1.54) is 13.8 Å². The molecule has 0 unspecified atom stereocenters. The molecule has 0 aliphatic carbocycles. The Labute approximate surface area is 393 Å². The lowest BCUT2D eigenvalue weighted by atomic mass is 9.76. The number of nitrogens with one attached hydrogen (secondary N) is 4. The van der Waals surface area contributed by atoms with Crippen molar-refractivity contribution in [3.8, 4) is 0 Å². The molecule has 0 heterocycles. The summed E-state index contributed by atoms with van der Waals surface area (Å²) in [4.78, 5) is 88.9. The van der Waals surface area contributed by atoms with Crippen LogP contribution in [0, 0.1) is 0 Å². The highest BCUT2D eigenvalue weighted by Crippen LogP contribution is 2.17. The zero-order chi connectivity index (χ0) is 51.7. The molecular weight excluding hydrogens is 888 g/mol. The van der Waals surface area contributed by atoms with Gasteiger partial charge in [0.25, 0.3) is 11.8 Å². The molecule has 0 saturated carbocycles. The van der Waals surface area contributed by atoms with E-state index in [-0.39, 0.29) is 61.9 Å². The molecule has 4 aromatic carbocycles. The second kappa shape index (κ2) is 30.7. The fraction of sp³-hybridized carbons (Fsp3) is 0.333. The lowest BCUT2D eigenvalue weighted by Crippen LogP contribution is -2.48. The van der Waals surface area contributed by atoms with Crippen LogP contribution in [-0.2, 0) is 28.8 Å². The second-order valence-corrected chi connectivity index (χ2v) is 15.1. The Hall–Kier alpha value is -6.50. The number of ketones is 2. The fourth-order valence-electron chi connectivity index (χ4n) is 5.76. The predicted molar refractivity (Wildman–Crippen MR) is 254 cm³/mol. The molecule has 4 aromatic rings. The normalized spacial score (nSPS) is 11.9. The average molecular weight is 946 g/mol. The first-order valence-corrected chi connectivity index (χ1v) is 21.1. The summed E-state index contributed by atoms with van der Waals surface area (Å²) in [5.74, 6) is -7.54. The molecule has 4 rings (SSSR count). The van der Waals surface area contributed by atoms with Gasteiger partial charge >= 0.3 is 28.5 Å². The zero-order valence-electron chi connectivity index (χ0n) is 37.9. The summed E-state index contributed by atoms with van der Waals surface area (Å²) in [6.45, 7) is 5.91. The van der Waals surface area contributed by atoms with E-state index in [0.717, 1.165) is 21.5 Å². The number of nitrogens with two attached hydrogens (primary N) is 2. The van der Waals surface area contributed by atoms with Crippen molar-refractivity contribution in [2.24, 2.45) is 11.5 Å². The van der Waals surface area contributed by atoms with Crippen molar-refractivity contribution in [3.63, 3.8) is 0 Å². The van der Waals surface area contributed by atoms with Gasteiger partial charge in [0.1, 0.15) is 11.6 Å². The van der Waals surface area contributed by atoms with Gasteiger partial charge in [-0.3, -0.25) is 38.4 Å². The molecule has 26 heteroatoms. The van der Waals surface area contributed by atoms with Gasteiger partial charge in [-0.05, 0) is 59.7 Å². The van der Waals surface area contributed by atoms with E-state index in [1.54, 1.807) is 44.2 Å². The first-order chi connectivity index (χ1) is 31.9. The Bertz CT molecular complexity index is 2170. The molecular formula is C42H58B4N6O16. The molecule has 0 aliphatic heterocycles. The predicted octanol–water partition coefficient (Wildman–Crippen LogP) is -2.60. The van der Waals surface area contributed by atoms with Crippen LogP contribution < -0.4 is 32.7 Å². The van der Waals surface area contributed by atoms with Crippen LogP contribution in [0.2, 0.25) is 0 Å². The number of hydrogen-bond acceptors (Lipinski definition) is 16. The molecule has 6 amide bonds. The van der Waals surface area contributed by atoms with Crippen LogP contribution in [0.3, 0.4) is 0 Å². The molecule has 0 radical (unpaired) electrons. The second-order valence-electron chi connectivity index (χ2n) is 15.1. The van der Waals surface area contributed by atoms with Crippen LogP contribution in [0.4, 0.5) is 0 Å². The molecule has 0 fully saturated rings. The number of hydrogen-bond donors (Lipinski definition) is 14. The Morgan fingerprint density at radius 1 is 0.441 bits per heavy atom. The fourth-order valence-corrected chi connectivity index (χ4v) is 5.76. The minimum atomic E-state index is -1.86. The number of carbonyl (C=O) groups excluding carboxylic acids is 8. The molecule has 0 saturated heterocycles. The number of rotatable bonds is 20. The summed E-state index contributed by atoms with van der Waals surface area (Å²) in [5.41, 5.74) is 10.6. The average Bonchev–Trinajstić information content (AvgIpc) is 3.27. The Morgan fingerprint density at radius 2 is 0.721 bits per heavy atom. The van der Waals surface area contributed by atoms with Gasteiger partial charge in [-0.2, -0.15) is 0 Å². The van der Waals surface area contributed by atoms with Crippen LogP contribution in [0.1, 0.15) is 86.9 Å². The van der Waals surface area contributed by atoms with Gasteiger partial charge in [0, 0.05) is 49.7 Å². The quantitative estimate of drug-likeness (QED) is 0.0404. The first kappa shape index (κ1) is 59.5. The van der Waals surface area contributed by atoms with E-state index in [0.29, 0.717) is 11.1 Å². The number of amides is 6. The van der Waals surface area contributed by atoms with Crippen LogP contribution in [0.15, 0.2) is 84.9 Å². The maximum Gasteiger partial charge on any atom is 0.476 e. The van der Waals surface area contributed by atoms with Gasteiger partial charge in [0.15, 0.2) is 0 Å². The molecule has 22 nitrogen and oxygen atoms in total. The van der Waals surface area contributed by atoms with Gasteiger partial charge in [-0.1, -0.05) is 74.5 Å². The van der Waals surface area contributed by atoms with Crippen LogP contribution in [0.5, 0.6) is 0 Å². The molecule has 0 bridgehead atoms. The lowest BCUT2D eigenvalue weighted by Gasteiger charge is -2.16. The summed E-state index contributed by atoms with van der Waals surface area (Å²) in [5, 5.41) is 85.1. The number of Topliss-reactive ketones (excluding diaryl/α,β-unsaturated/α-hetero) is 2. The molecule has 364 valence electrons. The third-order valence-electron chi connectivity index (χ3n) is 9.29. The summed E-state index contributed by atoms with van der Waals surface area (Å²) < 4.78 is 0. The smallest absolute Gasteiger partial charge is 0.426 e. The Morgan fingerprint density at radius 3 is 1.00 bits per heavy atom. The maximum atomic E-state index is 12.1. The first-order valence-electron chi connectivity index (χ1n) is 21.1. The van der Waals surface area contributed by atoms with Gasteiger partial charge in [0.05, 0.1) is 23.8 Å². The monoisotopic (exact) mass is 946 g/mol. The highest BCUT2D eigenvalue weighted by Gasteiger charge is 2.29. The van der Waals surface area contributed by atoms with Crippen LogP contribution >= 0.6 is 0 Å². The molecule has 16 N–H and O–H groups in total. The van der Waals surface area contributed by atoms with Gasteiger partial charge < -0.3 is 72.9 Å². The topological polar surface area (TPSA) is 399 Å². The van der Waals surface area contributed by atoms with Crippen molar-refractivity contribution in [2.45, 2.75) is 90.0 Å². The third-order valence-corrected chi connectivity index (χ3v) is 9.29. The molecule has 0 aliphatic rings. The van der Waals surface area contributed by atoms with E-state index in [2.05, 4.69) is 21.3 Å². The summed E-state index contributed by atoms with van der Waals surface area (Å²) in [7, 11) is -7.11. The van der Waals surface area contributed by atoms with Gasteiger partial charge in [0.2, 0.25) is 23.6 Å². The number of carbonyl (C=O) groups is 8. The molecule has 0 spiro atoms. The molecule has 68 heavy (non-hydrogen) atoms. The van der Waals surface area contributed by atoms with E-state index < -0.39 is 75.9 Å². The number of benzene rings is 4. The van der Waals surface area contributed by atoms with Crippen molar-refractivity contribution < 1.29 is 78.5 Å². The zero-order valence-corrected chi connectivity index (χ0v) is 37.9. The Balaban J connectivity index is 0.000000467. The maximum absolute atomic E-state index is 12.1. The number of primary amides is 2. The molecule has 0 aromatic heterocycles. The van der Waals surface area contributed by atoms with Crippen molar-refractivity contribution in [1.29, 1.82) is 0 Å².